The second-order valence-electron chi connectivity index (χ2n) is 9.92. The van der Waals surface area contributed by atoms with E-state index in [-0.39, 0.29) is 17.0 Å². The van der Waals surface area contributed by atoms with Crippen molar-refractivity contribution in [3.05, 3.63) is 78.4 Å². The van der Waals surface area contributed by atoms with Crippen molar-refractivity contribution in [3.63, 3.8) is 0 Å². The Kier molecular flexibility index (Phi) is 6.77. The number of para-hydroxylation sites is 1. The van der Waals surface area contributed by atoms with Gasteiger partial charge in [-0.05, 0) is 18.6 Å². The molecule has 3 rings (SSSR count). The summed E-state index contributed by atoms with van der Waals surface area (Å²) < 4.78 is 11.7. The molecule has 0 saturated carbocycles. The van der Waals surface area contributed by atoms with Gasteiger partial charge in [0.05, 0.1) is 8.07 Å². The van der Waals surface area contributed by atoms with E-state index in [0.29, 0.717) is 0 Å². The minimum Gasteiger partial charge on any atom is -0.467 e. The SMILES string of the molecule is COCOc1c(P(c2ccccc2)C2([Si](C)(C)C)C=CC=C2)cccc1C(C)(C)C. The number of ether oxygens (including phenoxy) is 2. The molecular weight excluding hydrogens is 403 g/mol. The summed E-state index contributed by atoms with van der Waals surface area (Å²) in [7, 11) is -0.684. The van der Waals surface area contributed by atoms with E-state index >= 15 is 0 Å². The van der Waals surface area contributed by atoms with E-state index < -0.39 is 16.0 Å². The Hall–Kier alpha value is -1.67. The lowest BCUT2D eigenvalue weighted by atomic mass is 9.86. The first-order valence-electron chi connectivity index (χ1n) is 10.6. The number of rotatable bonds is 7. The zero-order chi connectivity index (χ0) is 22.0. The molecule has 0 saturated heterocycles. The Bertz CT molecular complexity index is 908. The van der Waals surface area contributed by atoms with Crippen LogP contribution < -0.4 is 15.3 Å². The summed E-state index contributed by atoms with van der Waals surface area (Å²) in [4.78, 5) is 0. The molecule has 0 fully saturated rings. The molecule has 0 radical (unpaired) electrons. The highest BCUT2D eigenvalue weighted by Crippen LogP contribution is 2.58. The van der Waals surface area contributed by atoms with Gasteiger partial charge < -0.3 is 9.47 Å². The molecule has 0 heterocycles. The Morgan fingerprint density at radius 1 is 0.900 bits per heavy atom. The highest BCUT2D eigenvalue weighted by atomic mass is 31.1. The third kappa shape index (κ3) is 4.35. The number of hydrogen-bond donors (Lipinski definition) is 0. The first kappa shape index (κ1) is 23.0. The molecule has 0 aromatic heterocycles. The molecule has 1 aliphatic carbocycles. The van der Waals surface area contributed by atoms with Gasteiger partial charge in [-0.3, -0.25) is 0 Å². The van der Waals surface area contributed by atoms with Gasteiger partial charge in [-0.25, -0.2) is 0 Å². The predicted molar refractivity (Wildman–Crippen MR) is 135 cm³/mol. The highest BCUT2D eigenvalue weighted by Gasteiger charge is 2.48. The fraction of sp³-hybridized carbons (Fsp3) is 0.385. The Morgan fingerprint density at radius 2 is 1.53 bits per heavy atom. The van der Waals surface area contributed by atoms with Gasteiger partial charge in [0.25, 0.3) is 0 Å². The van der Waals surface area contributed by atoms with Gasteiger partial charge in [-0.15, -0.1) is 0 Å². The molecule has 0 aliphatic heterocycles. The highest BCUT2D eigenvalue weighted by molar-refractivity contribution is 7.77. The number of hydrogen-bond acceptors (Lipinski definition) is 2. The van der Waals surface area contributed by atoms with Crippen LogP contribution in [-0.4, -0.2) is 26.8 Å². The first-order chi connectivity index (χ1) is 14.1. The molecule has 2 aromatic carbocycles. The molecule has 0 bridgehead atoms. The molecule has 0 N–H and O–H groups in total. The maximum Gasteiger partial charge on any atom is 0.188 e. The van der Waals surface area contributed by atoms with Crippen molar-refractivity contribution in [2.24, 2.45) is 0 Å². The van der Waals surface area contributed by atoms with Crippen molar-refractivity contribution < 1.29 is 9.47 Å². The van der Waals surface area contributed by atoms with Crippen LogP contribution in [0.3, 0.4) is 0 Å². The summed E-state index contributed by atoms with van der Waals surface area (Å²) in [5.41, 5.74) is 1.21. The zero-order valence-corrected chi connectivity index (χ0v) is 21.3. The lowest BCUT2D eigenvalue weighted by Crippen LogP contribution is -2.50. The Balaban J connectivity index is 2.34. The van der Waals surface area contributed by atoms with Crippen molar-refractivity contribution in [1.82, 2.24) is 0 Å². The molecule has 1 aliphatic rings. The van der Waals surface area contributed by atoms with Crippen LogP contribution >= 0.6 is 7.92 Å². The van der Waals surface area contributed by atoms with Crippen LogP contribution in [0.5, 0.6) is 5.75 Å². The summed E-state index contributed by atoms with van der Waals surface area (Å²) in [5, 5.41) is 2.69. The summed E-state index contributed by atoms with van der Waals surface area (Å²) in [6.07, 6.45) is 9.39. The van der Waals surface area contributed by atoms with E-state index in [0.717, 1.165) is 5.75 Å². The lowest BCUT2D eigenvalue weighted by Gasteiger charge is -2.45. The van der Waals surface area contributed by atoms with Gasteiger partial charge in [-0.2, -0.15) is 0 Å². The van der Waals surface area contributed by atoms with Crippen molar-refractivity contribution in [3.8, 4) is 5.75 Å². The van der Waals surface area contributed by atoms with Crippen LogP contribution in [0.2, 0.25) is 19.6 Å². The van der Waals surface area contributed by atoms with E-state index in [1.807, 2.05) is 0 Å². The molecule has 0 spiro atoms. The van der Waals surface area contributed by atoms with Gasteiger partial charge in [0.15, 0.2) is 6.79 Å². The second kappa shape index (κ2) is 8.83. The topological polar surface area (TPSA) is 18.5 Å². The van der Waals surface area contributed by atoms with Gasteiger partial charge in [-0.1, -0.05) is 113 Å². The Morgan fingerprint density at radius 3 is 2.07 bits per heavy atom. The monoisotopic (exact) mass is 438 g/mol. The molecule has 0 amide bonds. The van der Waals surface area contributed by atoms with Crippen LogP contribution in [0.25, 0.3) is 0 Å². The van der Waals surface area contributed by atoms with E-state index in [4.69, 9.17) is 9.47 Å². The van der Waals surface area contributed by atoms with E-state index in [1.165, 1.54) is 16.2 Å². The molecule has 4 heteroatoms. The average Bonchev–Trinajstić information content (AvgIpc) is 3.18. The van der Waals surface area contributed by atoms with Crippen molar-refractivity contribution in [2.45, 2.75) is 50.6 Å². The molecule has 30 heavy (non-hydrogen) atoms. The van der Waals surface area contributed by atoms with Gasteiger partial charge in [0.2, 0.25) is 0 Å². The van der Waals surface area contributed by atoms with E-state index in [9.17, 15) is 0 Å². The largest absolute Gasteiger partial charge is 0.467 e. The molecule has 160 valence electrons. The smallest absolute Gasteiger partial charge is 0.188 e. The number of methoxy groups -OCH3 is 1. The quantitative estimate of drug-likeness (QED) is 0.294. The van der Waals surface area contributed by atoms with Crippen LogP contribution in [0.15, 0.2) is 72.8 Å². The lowest BCUT2D eigenvalue weighted by molar-refractivity contribution is 0.0506. The predicted octanol–water partition coefficient (Wildman–Crippen LogP) is 6.14. The number of benzene rings is 2. The van der Waals surface area contributed by atoms with Crippen LogP contribution in [0, 0.1) is 0 Å². The molecular formula is C26H35O2PSi. The summed E-state index contributed by atoms with van der Waals surface area (Å²) in [6, 6.07) is 17.7. The third-order valence-electron chi connectivity index (χ3n) is 5.76. The second-order valence-corrected chi connectivity index (χ2v) is 18.1. The van der Waals surface area contributed by atoms with E-state index in [1.54, 1.807) is 7.11 Å². The van der Waals surface area contributed by atoms with Crippen LogP contribution in [0.1, 0.15) is 26.3 Å². The fourth-order valence-corrected chi connectivity index (χ4v) is 11.4. The standard InChI is InChI=1S/C26H35O2PSi/c1-25(2,3)22-16-13-17-23(24(22)28-20-27-4)29(21-14-9-8-10-15-21)26(30(5,6)7)18-11-12-19-26/h8-19H,20H2,1-7H3. The normalized spacial score (nSPS) is 16.6. The van der Waals surface area contributed by atoms with Gasteiger partial charge >= 0.3 is 0 Å². The zero-order valence-electron chi connectivity index (χ0n) is 19.4. The van der Waals surface area contributed by atoms with Crippen LogP contribution in [-0.2, 0) is 10.2 Å². The van der Waals surface area contributed by atoms with Gasteiger partial charge in [0, 0.05) is 22.8 Å². The maximum atomic E-state index is 6.32. The summed E-state index contributed by atoms with van der Waals surface area (Å²) in [5.74, 6) is 0.994. The molecule has 2 nitrogen and oxygen atoms in total. The maximum absolute atomic E-state index is 6.32. The molecule has 2 aromatic rings. The Labute approximate surface area is 184 Å². The van der Waals surface area contributed by atoms with Crippen molar-refractivity contribution >= 4 is 26.6 Å². The summed E-state index contributed by atoms with van der Waals surface area (Å²) >= 11 is 0. The fourth-order valence-electron chi connectivity index (χ4n) is 4.13. The molecule has 1 atom stereocenters. The third-order valence-corrected chi connectivity index (χ3v) is 13.9. The minimum atomic E-state index is -1.65. The van der Waals surface area contributed by atoms with E-state index in [2.05, 4.69) is 113 Å². The first-order valence-corrected chi connectivity index (χ1v) is 15.4. The minimum absolute atomic E-state index is 0.0234. The summed E-state index contributed by atoms with van der Waals surface area (Å²) in [6.45, 7) is 14.4. The van der Waals surface area contributed by atoms with Crippen molar-refractivity contribution in [2.75, 3.05) is 13.9 Å². The number of allylic oxidation sites excluding steroid dienone is 4. The van der Waals surface area contributed by atoms with Crippen molar-refractivity contribution in [1.29, 1.82) is 0 Å². The average molecular weight is 439 g/mol. The van der Waals surface area contributed by atoms with Gasteiger partial charge in [0.1, 0.15) is 5.75 Å². The van der Waals surface area contributed by atoms with Crippen LogP contribution in [0.4, 0.5) is 0 Å². The molecule has 1 unspecified atom stereocenters.